The van der Waals surface area contributed by atoms with Gasteiger partial charge >= 0.3 is 11.9 Å². The third-order valence-electron chi connectivity index (χ3n) is 3.81. The molecule has 29 heavy (non-hydrogen) atoms. The van der Waals surface area contributed by atoms with Gasteiger partial charge in [0.15, 0.2) is 11.5 Å². The van der Waals surface area contributed by atoms with Gasteiger partial charge in [-0.05, 0) is 45.9 Å². The monoisotopic (exact) mass is 422 g/mol. The second-order valence-electron chi connectivity index (χ2n) is 6.99. The highest BCUT2D eigenvalue weighted by Gasteiger charge is 2.28. The van der Waals surface area contributed by atoms with Crippen molar-refractivity contribution in [3.05, 3.63) is 23.2 Å². The minimum atomic E-state index is -0.436. The maximum atomic E-state index is 12.2. The Morgan fingerprint density at radius 3 is 1.66 bits per heavy atom. The summed E-state index contributed by atoms with van der Waals surface area (Å²) < 4.78 is 23.2. The summed E-state index contributed by atoms with van der Waals surface area (Å²) in [6.07, 6.45) is -0.141. The fraction of sp³-hybridized carbons (Fsp3) is 0.455. The van der Waals surface area contributed by atoms with Gasteiger partial charge in [0.25, 0.3) is 0 Å². The number of esters is 2. The van der Waals surface area contributed by atoms with E-state index in [0.29, 0.717) is 15.8 Å². The Kier molecular flexibility index (Phi) is 7.73. The van der Waals surface area contributed by atoms with Crippen molar-refractivity contribution in [2.75, 3.05) is 0 Å². The summed E-state index contributed by atoms with van der Waals surface area (Å²) in [6, 6.07) is 5.01. The molecule has 0 unspecified atom stereocenters. The first-order valence-electron chi connectivity index (χ1n) is 9.71. The molecule has 0 heterocycles. The van der Waals surface area contributed by atoms with Crippen LogP contribution in [-0.4, -0.2) is 24.1 Å². The number of hydrogen-bond donors (Lipinski definition) is 0. The minimum absolute atomic E-state index is 0.177. The molecule has 0 aromatic heterocycles. The lowest BCUT2D eigenvalue weighted by Crippen LogP contribution is -2.16. The second kappa shape index (κ2) is 9.83. The molecule has 0 N–H and O–H groups in total. The number of carbonyl (C=O) groups excluding carboxylic acids is 2. The van der Waals surface area contributed by atoms with E-state index in [1.54, 1.807) is 32.0 Å². The molecule has 0 radical (unpaired) electrons. The molecule has 7 heteroatoms. The Morgan fingerprint density at radius 2 is 1.24 bits per heavy atom. The highest BCUT2D eigenvalue weighted by molar-refractivity contribution is 6.31. The molecule has 2 aromatic carbocycles. The third kappa shape index (κ3) is 5.54. The van der Waals surface area contributed by atoms with Gasteiger partial charge in [-0.3, -0.25) is 9.59 Å². The predicted molar refractivity (Wildman–Crippen MR) is 112 cm³/mol. The van der Waals surface area contributed by atoms with Crippen LogP contribution in [0.5, 0.6) is 23.0 Å². The summed E-state index contributed by atoms with van der Waals surface area (Å²) in [7, 11) is 0. The van der Waals surface area contributed by atoms with Gasteiger partial charge in [-0.25, -0.2) is 0 Å². The molecular formula is C22H27ClO6. The molecular weight excluding hydrogens is 396 g/mol. The summed E-state index contributed by atoms with van der Waals surface area (Å²) in [4.78, 5) is 24.3. The molecule has 0 saturated carbocycles. The van der Waals surface area contributed by atoms with Crippen LogP contribution >= 0.6 is 11.6 Å². The molecule has 2 aromatic rings. The van der Waals surface area contributed by atoms with Crippen LogP contribution in [0.15, 0.2) is 18.2 Å². The number of halogens is 1. The van der Waals surface area contributed by atoms with Crippen molar-refractivity contribution in [3.63, 3.8) is 0 Å². The van der Waals surface area contributed by atoms with E-state index in [2.05, 4.69) is 0 Å². The van der Waals surface area contributed by atoms with Gasteiger partial charge in [0.2, 0.25) is 11.5 Å². The number of hydrogen-bond acceptors (Lipinski definition) is 6. The van der Waals surface area contributed by atoms with E-state index in [-0.39, 0.29) is 48.0 Å². The molecule has 0 atom stereocenters. The fourth-order valence-electron chi connectivity index (χ4n) is 2.61. The average Bonchev–Trinajstić information content (AvgIpc) is 2.65. The Balaban J connectivity index is 2.94. The normalized spacial score (nSPS) is 11.1. The van der Waals surface area contributed by atoms with E-state index >= 15 is 0 Å². The summed E-state index contributed by atoms with van der Waals surface area (Å²) in [5.74, 6) is -0.0510. The maximum Gasteiger partial charge on any atom is 0.311 e. The molecule has 0 amide bonds. The third-order valence-corrected chi connectivity index (χ3v) is 4.04. The van der Waals surface area contributed by atoms with Crippen molar-refractivity contribution in [2.24, 2.45) is 0 Å². The highest BCUT2D eigenvalue weighted by Crippen LogP contribution is 2.52. The minimum Gasteiger partial charge on any atom is -0.484 e. The van der Waals surface area contributed by atoms with Crippen LogP contribution in [0.3, 0.4) is 0 Å². The zero-order valence-electron chi connectivity index (χ0n) is 17.6. The largest absolute Gasteiger partial charge is 0.484 e. The maximum absolute atomic E-state index is 12.2. The van der Waals surface area contributed by atoms with E-state index < -0.39 is 11.9 Å². The van der Waals surface area contributed by atoms with Gasteiger partial charge in [0.1, 0.15) is 0 Å². The van der Waals surface area contributed by atoms with E-state index in [9.17, 15) is 9.59 Å². The molecule has 2 rings (SSSR count). The van der Waals surface area contributed by atoms with E-state index in [4.69, 9.17) is 30.5 Å². The van der Waals surface area contributed by atoms with Gasteiger partial charge in [0, 0.05) is 28.6 Å². The molecule has 0 aliphatic carbocycles. The molecule has 0 spiro atoms. The number of carbonyl (C=O) groups is 2. The molecule has 6 nitrogen and oxygen atoms in total. The quantitative estimate of drug-likeness (QED) is 0.401. The smallest absolute Gasteiger partial charge is 0.311 e. The van der Waals surface area contributed by atoms with Crippen molar-refractivity contribution in [1.82, 2.24) is 0 Å². The topological polar surface area (TPSA) is 71.1 Å². The molecule has 0 fully saturated rings. The first-order chi connectivity index (χ1) is 13.7. The Morgan fingerprint density at radius 1 is 0.793 bits per heavy atom. The fourth-order valence-corrected chi connectivity index (χ4v) is 2.79. The standard InChI is InChI=1S/C22H27ClO6/c1-7-17(24)28-19-15-10-9-14(23)11-16(15)20(29-18(25)8-2)22(27-13(5)6)21(19)26-12(3)4/h9-13H,7-8H2,1-6H3. The highest BCUT2D eigenvalue weighted by atomic mass is 35.5. The van der Waals surface area contributed by atoms with Crippen LogP contribution in [-0.2, 0) is 9.59 Å². The molecule has 0 aliphatic heterocycles. The Bertz CT molecular complexity index is 904. The van der Waals surface area contributed by atoms with E-state index in [0.717, 1.165) is 0 Å². The van der Waals surface area contributed by atoms with Crippen molar-refractivity contribution >= 4 is 34.3 Å². The summed E-state index contributed by atoms with van der Waals surface area (Å²) in [6.45, 7) is 10.8. The van der Waals surface area contributed by atoms with Gasteiger partial charge in [0.05, 0.1) is 12.2 Å². The molecule has 0 bridgehead atoms. The number of fused-ring (bicyclic) bond motifs is 1. The van der Waals surface area contributed by atoms with Crippen LogP contribution in [0, 0.1) is 0 Å². The second-order valence-corrected chi connectivity index (χ2v) is 7.43. The SMILES string of the molecule is CCC(=O)Oc1c(OC(C)C)c(OC(C)C)c(OC(=O)CC)c2cc(Cl)ccc12. The lowest BCUT2D eigenvalue weighted by atomic mass is 10.1. The van der Waals surface area contributed by atoms with E-state index in [1.807, 2.05) is 27.7 Å². The van der Waals surface area contributed by atoms with Gasteiger partial charge in [-0.15, -0.1) is 0 Å². The molecule has 0 aliphatic rings. The lowest BCUT2D eigenvalue weighted by Gasteiger charge is -2.24. The number of rotatable bonds is 8. The van der Waals surface area contributed by atoms with Gasteiger partial charge in [-0.2, -0.15) is 0 Å². The first kappa shape index (κ1) is 22.8. The van der Waals surface area contributed by atoms with Crippen LogP contribution in [0.25, 0.3) is 10.8 Å². The van der Waals surface area contributed by atoms with Crippen LogP contribution in [0.1, 0.15) is 54.4 Å². The zero-order chi connectivity index (χ0) is 21.7. The number of benzene rings is 2. The summed E-state index contributed by atoms with van der Waals surface area (Å²) >= 11 is 6.21. The molecule has 0 saturated heterocycles. The average molecular weight is 423 g/mol. The lowest BCUT2D eigenvalue weighted by molar-refractivity contribution is -0.135. The predicted octanol–water partition coefficient (Wildman–Crippen LogP) is 5.70. The van der Waals surface area contributed by atoms with Crippen LogP contribution in [0.2, 0.25) is 5.02 Å². The van der Waals surface area contributed by atoms with Crippen LogP contribution in [0.4, 0.5) is 0 Å². The van der Waals surface area contributed by atoms with Crippen molar-refractivity contribution in [3.8, 4) is 23.0 Å². The zero-order valence-corrected chi connectivity index (χ0v) is 18.4. The Hall–Kier alpha value is -2.47. The summed E-state index contributed by atoms with van der Waals surface area (Å²) in [5.41, 5.74) is 0. The Labute approximate surface area is 176 Å². The van der Waals surface area contributed by atoms with E-state index in [1.165, 1.54) is 0 Å². The van der Waals surface area contributed by atoms with Crippen LogP contribution < -0.4 is 18.9 Å². The summed E-state index contributed by atoms with van der Waals surface area (Å²) in [5, 5.41) is 1.46. The molecule has 158 valence electrons. The van der Waals surface area contributed by atoms with Gasteiger partial charge in [-0.1, -0.05) is 25.4 Å². The van der Waals surface area contributed by atoms with Crippen molar-refractivity contribution < 1.29 is 28.5 Å². The van der Waals surface area contributed by atoms with Crippen molar-refractivity contribution in [2.45, 2.75) is 66.6 Å². The first-order valence-corrected chi connectivity index (χ1v) is 10.1. The van der Waals surface area contributed by atoms with Gasteiger partial charge < -0.3 is 18.9 Å². The van der Waals surface area contributed by atoms with Crippen molar-refractivity contribution in [1.29, 1.82) is 0 Å². The number of ether oxygens (including phenoxy) is 4.